The third-order valence-electron chi connectivity index (χ3n) is 3.60. The van der Waals surface area contributed by atoms with Gasteiger partial charge < -0.3 is 15.7 Å². The van der Waals surface area contributed by atoms with Gasteiger partial charge >= 0.3 is 0 Å². The summed E-state index contributed by atoms with van der Waals surface area (Å²) in [7, 11) is 0. The van der Waals surface area contributed by atoms with E-state index in [0.717, 1.165) is 17.7 Å². The molecule has 23 heavy (non-hydrogen) atoms. The lowest BCUT2D eigenvalue weighted by Crippen LogP contribution is -2.44. The summed E-state index contributed by atoms with van der Waals surface area (Å²) in [6.07, 6.45) is 0. The lowest BCUT2D eigenvalue weighted by molar-refractivity contribution is 0.0617. The molecule has 3 N–H and O–H groups in total. The highest BCUT2D eigenvalue weighted by Crippen LogP contribution is 2.18. The van der Waals surface area contributed by atoms with Gasteiger partial charge in [0.2, 0.25) is 0 Å². The molecule has 0 radical (unpaired) electrons. The fourth-order valence-corrected chi connectivity index (χ4v) is 2.25. The molecule has 0 amide bonds. The predicted octanol–water partition coefficient (Wildman–Crippen LogP) is 2.65. The molecule has 0 saturated heterocycles. The van der Waals surface area contributed by atoms with E-state index in [2.05, 4.69) is 15.6 Å². The average Bonchev–Trinajstić information content (AvgIpc) is 2.59. The van der Waals surface area contributed by atoms with Gasteiger partial charge in [0.1, 0.15) is 5.60 Å². The molecule has 0 aliphatic rings. The molecule has 0 aliphatic heterocycles. The second kappa shape index (κ2) is 8.34. The number of guanidine groups is 1. The summed E-state index contributed by atoms with van der Waals surface area (Å²) in [6.45, 7) is 5.58. The van der Waals surface area contributed by atoms with Crippen LogP contribution in [0.1, 0.15) is 25.0 Å². The number of hydrogen-bond donors (Lipinski definition) is 3. The third kappa shape index (κ3) is 5.42. The van der Waals surface area contributed by atoms with Gasteiger partial charge in [0.25, 0.3) is 0 Å². The molecule has 2 aromatic carbocycles. The lowest BCUT2D eigenvalue weighted by atomic mass is 9.96. The number of hydrogen-bond acceptors (Lipinski definition) is 2. The number of nitrogens with zero attached hydrogens (tertiary/aromatic N) is 1. The van der Waals surface area contributed by atoms with Crippen molar-refractivity contribution in [2.24, 2.45) is 4.99 Å². The minimum absolute atomic E-state index is 0.387. The van der Waals surface area contributed by atoms with E-state index in [1.165, 1.54) is 0 Å². The zero-order chi connectivity index (χ0) is 16.5. The molecule has 4 nitrogen and oxygen atoms in total. The van der Waals surface area contributed by atoms with Crippen molar-refractivity contribution in [2.45, 2.75) is 26.0 Å². The molecule has 0 bridgehead atoms. The molecule has 0 aliphatic carbocycles. The summed E-state index contributed by atoms with van der Waals surface area (Å²) in [4.78, 5) is 4.56. The number of benzene rings is 2. The van der Waals surface area contributed by atoms with Crippen LogP contribution in [0.3, 0.4) is 0 Å². The summed E-state index contributed by atoms with van der Waals surface area (Å²) in [5.74, 6) is 0.701. The fourth-order valence-electron chi connectivity index (χ4n) is 2.25. The first-order valence-corrected chi connectivity index (χ1v) is 7.96. The van der Waals surface area contributed by atoms with Crippen LogP contribution < -0.4 is 10.6 Å². The van der Waals surface area contributed by atoms with Crippen molar-refractivity contribution in [1.29, 1.82) is 0 Å². The van der Waals surface area contributed by atoms with E-state index in [4.69, 9.17) is 0 Å². The monoisotopic (exact) mass is 311 g/mol. The van der Waals surface area contributed by atoms with Gasteiger partial charge in [0.15, 0.2) is 5.96 Å². The van der Waals surface area contributed by atoms with Crippen LogP contribution in [0, 0.1) is 0 Å². The van der Waals surface area contributed by atoms with Crippen molar-refractivity contribution in [2.75, 3.05) is 13.1 Å². The minimum Gasteiger partial charge on any atom is -0.384 e. The number of aliphatic hydroxyl groups is 1. The van der Waals surface area contributed by atoms with Gasteiger partial charge in [-0.05, 0) is 25.0 Å². The van der Waals surface area contributed by atoms with Crippen molar-refractivity contribution in [3.63, 3.8) is 0 Å². The van der Waals surface area contributed by atoms with Gasteiger partial charge in [-0.2, -0.15) is 0 Å². The molecule has 4 heteroatoms. The van der Waals surface area contributed by atoms with Crippen LogP contribution in [-0.4, -0.2) is 24.2 Å². The van der Waals surface area contributed by atoms with Crippen LogP contribution in [0.25, 0.3) is 0 Å². The first-order valence-electron chi connectivity index (χ1n) is 7.96. The van der Waals surface area contributed by atoms with E-state index in [0.29, 0.717) is 19.0 Å². The predicted molar refractivity (Wildman–Crippen MR) is 95.3 cm³/mol. The Balaban J connectivity index is 1.99. The SMILES string of the molecule is CCNC(=NCc1ccccc1)NCC(C)(O)c1ccccc1. The Hall–Kier alpha value is -2.33. The Kier molecular flexibility index (Phi) is 6.18. The van der Waals surface area contributed by atoms with E-state index < -0.39 is 5.60 Å². The summed E-state index contributed by atoms with van der Waals surface area (Å²) >= 11 is 0. The molecule has 0 fully saturated rings. The largest absolute Gasteiger partial charge is 0.384 e. The highest BCUT2D eigenvalue weighted by molar-refractivity contribution is 5.79. The number of rotatable bonds is 6. The first kappa shape index (κ1) is 17.0. The Bertz CT molecular complexity index is 609. The molecule has 1 unspecified atom stereocenters. The quantitative estimate of drug-likeness (QED) is 0.568. The number of nitrogens with one attached hydrogen (secondary N) is 2. The molecular formula is C19H25N3O. The molecule has 0 spiro atoms. The molecule has 2 rings (SSSR count). The second-order valence-corrected chi connectivity index (χ2v) is 5.67. The molecule has 0 saturated carbocycles. The highest BCUT2D eigenvalue weighted by atomic mass is 16.3. The second-order valence-electron chi connectivity index (χ2n) is 5.67. The Morgan fingerprint density at radius 1 is 1.00 bits per heavy atom. The number of aliphatic imine (C=N–C) groups is 1. The van der Waals surface area contributed by atoms with Gasteiger partial charge in [0.05, 0.1) is 13.1 Å². The summed E-state index contributed by atoms with van der Waals surface area (Å²) in [5.41, 5.74) is 1.08. The first-order chi connectivity index (χ1) is 11.1. The van der Waals surface area contributed by atoms with Gasteiger partial charge in [0, 0.05) is 6.54 Å². The zero-order valence-electron chi connectivity index (χ0n) is 13.8. The van der Waals surface area contributed by atoms with Crippen LogP contribution in [0.5, 0.6) is 0 Å². The van der Waals surface area contributed by atoms with Crippen molar-refractivity contribution < 1.29 is 5.11 Å². The maximum absolute atomic E-state index is 10.6. The topological polar surface area (TPSA) is 56.7 Å². The maximum Gasteiger partial charge on any atom is 0.191 e. The van der Waals surface area contributed by atoms with Gasteiger partial charge in [-0.1, -0.05) is 60.7 Å². The fraction of sp³-hybridized carbons (Fsp3) is 0.316. The maximum atomic E-state index is 10.6. The average molecular weight is 311 g/mol. The van der Waals surface area contributed by atoms with Crippen LogP contribution in [0.4, 0.5) is 0 Å². The lowest BCUT2D eigenvalue weighted by Gasteiger charge is -2.25. The zero-order valence-corrected chi connectivity index (χ0v) is 13.8. The van der Waals surface area contributed by atoms with Gasteiger partial charge in [-0.3, -0.25) is 0 Å². The van der Waals surface area contributed by atoms with E-state index in [1.807, 2.05) is 67.6 Å². The van der Waals surface area contributed by atoms with E-state index in [9.17, 15) is 5.11 Å². The van der Waals surface area contributed by atoms with Crippen LogP contribution in [-0.2, 0) is 12.1 Å². The van der Waals surface area contributed by atoms with Crippen molar-refractivity contribution >= 4 is 5.96 Å². The summed E-state index contributed by atoms with van der Waals surface area (Å²) in [6, 6.07) is 19.8. The Morgan fingerprint density at radius 2 is 1.61 bits per heavy atom. The Morgan fingerprint density at radius 3 is 2.22 bits per heavy atom. The molecular weight excluding hydrogens is 286 g/mol. The van der Waals surface area contributed by atoms with Gasteiger partial charge in [-0.25, -0.2) is 4.99 Å². The molecule has 2 aromatic rings. The van der Waals surface area contributed by atoms with E-state index >= 15 is 0 Å². The normalized spacial score (nSPS) is 14.1. The van der Waals surface area contributed by atoms with E-state index in [1.54, 1.807) is 6.92 Å². The highest BCUT2D eigenvalue weighted by Gasteiger charge is 2.22. The van der Waals surface area contributed by atoms with Crippen LogP contribution in [0.2, 0.25) is 0 Å². The summed E-state index contributed by atoms with van der Waals surface area (Å²) in [5, 5.41) is 17.1. The molecule has 0 heterocycles. The van der Waals surface area contributed by atoms with Gasteiger partial charge in [-0.15, -0.1) is 0 Å². The van der Waals surface area contributed by atoms with Crippen LogP contribution >= 0.6 is 0 Å². The summed E-state index contributed by atoms with van der Waals surface area (Å²) < 4.78 is 0. The minimum atomic E-state index is -0.954. The third-order valence-corrected chi connectivity index (χ3v) is 3.60. The van der Waals surface area contributed by atoms with Crippen LogP contribution in [0.15, 0.2) is 65.7 Å². The van der Waals surface area contributed by atoms with Crippen molar-refractivity contribution in [3.8, 4) is 0 Å². The molecule has 122 valence electrons. The Labute approximate surface area is 138 Å². The molecule has 0 aromatic heterocycles. The van der Waals surface area contributed by atoms with Crippen molar-refractivity contribution in [1.82, 2.24) is 10.6 Å². The smallest absolute Gasteiger partial charge is 0.191 e. The standard InChI is InChI=1S/C19H25N3O/c1-3-20-18(21-14-16-10-6-4-7-11-16)22-15-19(2,23)17-12-8-5-9-13-17/h4-13,23H,3,14-15H2,1-2H3,(H2,20,21,22). The molecule has 1 atom stereocenters. The van der Waals surface area contributed by atoms with E-state index in [-0.39, 0.29) is 0 Å². The van der Waals surface area contributed by atoms with Crippen molar-refractivity contribution in [3.05, 3.63) is 71.8 Å².